The van der Waals surface area contributed by atoms with Crippen molar-refractivity contribution in [2.24, 2.45) is 0 Å². The summed E-state index contributed by atoms with van der Waals surface area (Å²) in [5.41, 5.74) is 3.44. The first-order valence-corrected chi connectivity index (χ1v) is 15.6. The number of carbonyl (C=O) groups excluding carboxylic acids is 1. The van der Waals surface area contributed by atoms with Gasteiger partial charge in [0, 0.05) is 31.2 Å². The number of rotatable bonds is 7. The van der Waals surface area contributed by atoms with Crippen molar-refractivity contribution in [3.05, 3.63) is 123 Å². The molecule has 1 aliphatic heterocycles. The summed E-state index contributed by atoms with van der Waals surface area (Å²) in [7, 11) is -4.09. The molecule has 0 spiro atoms. The van der Waals surface area contributed by atoms with E-state index in [9.17, 15) is 13.2 Å². The molecular weight excluding hydrogens is 601 g/mol. The number of piperazine rings is 1. The van der Waals surface area contributed by atoms with Crippen molar-refractivity contribution in [2.45, 2.75) is 18.4 Å². The van der Waals surface area contributed by atoms with E-state index in [4.69, 9.17) is 34.8 Å². The Bertz CT molecular complexity index is 1640. The van der Waals surface area contributed by atoms with Crippen molar-refractivity contribution in [1.29, 1.82) is 0 Å². The maximum atomic E-state index is 14.1. The lowest BCUT2D eigenvalue weighted by atomic mass is 10.1. The number of nitrogens with zero attached hydrogens (tertiary/aromatic N) is 3. The van der Waals surface area contributed by atoms with Crippen molar-refractivity contribution < 1.29 is 13.2 Å². The van der Waals surface area contributed by atoms with Gasteiger partial charge in [0.15, 0.2) is 0 Å². The third-order valence-electron chi connectivity index (χ3n) is 7.11. The molecule has 5 rings (SSSR count). The molecule has 1 heterocycles. The van der Waals surface area contributed by atoms with Crippen LogP contribution in [-0.4, -0.2) is 45.4 Å². The van der Waals surface area contributed by atoms with Crippen LogP contribution in [0.1, 0.15) is 21.5 Å². The molecule has 1 amide bonds. The van der Waals surface area contributed by atoms with E-state index in [2.05, 4.69) is 4.90 Å². The van der Waals surface area contributed by atoms with Crippen LogP contribution in [0.25, 0.3) is 0 Å². The molecule has 0 aromatic heterocycles. The van der Waals surface area contributed by atoms with Gasteiger partial charge in [-0.05, 0) is 66.6 Å². The van der Waals surface area contributed by atoms with E-state index in [1.165, 1.54) is 22.5 Å². The summed E-state index contributed by atoms with van der Waals surface area (Å²) in [6.07, 6.45) is 0. The van der Waals surface area contributed by atoms with Crippen LogP contribution >= 0.6 is 34.8 Å². The summed E-state index contributed by atoms with van der Waals surface area (Å²) >= 11 is 19.0. The van der Waals surface area contributed by atoms with E-state index in [-0.39, 0.29) is 27.9 Å². The average molecular weight is 629 g/mol. The lowest BCUT2D eigenvalue weighted by molar-refractivity contribution is 0.0746. The first-order valence-electron chi connectivity index (χ1n) is 13.1. The molecule has 0 atom stereocenters. The third kappa shape index (κ3) is 6.33. The molecule has 4 aromatic carbocycles. The van der Waals surface area contributed by atoms with Crippen LogP contribution in [0.3, 0.4) is 0 Å². The molecule has 1 aliphatic rings. The van der Waals surface area contributed by atoms with Crippen molar-refractivity contribution in [3.63, 3.8) is 0 Å². The normalized spacial score (nSPS) is 13.8. The minimum absolute atomic E-state index is 0.0264. The van der Waals surface area contributed by atoms with Crippen molar-refractivity contribution in [1.82, 2.24) is 4.90 Å². The van der Waals surface area contributed by atoms with E-state index >= 15 is 0 Å². The Morgan fingerprint density at radius 3 is 2.15 bits per heavy atom. The first-order chi connectivity index (χ1) is 19.6. The van der Waals surface area contributed by atoms with E-state index in [0.29, 0.717) is 41.9 Å². The van der Waals surface area contributed by atoms with Crippen LogP contribution in [0.15, 0.2) is 95.9 Å². The number of amides is 1. The molecule has 1 fully saturated rings. The molecule has 0 bridgehead atoms. The number of aryl methyl sites for hydroxylation is 1. The van der Waals surface area contributed by atoms with Crippen molar-refractivity contribution in [2.75, 3.05) is 35.4 Å². The second kappa shape index (κ2) is 12.3. The molecule has 0 saturated carbocycles. The summed E-state index contributed by atoms with van der Waals surface area (Å²) in [6, 6.07) is 26.0. The topological polar surface area (TPSA) is 60.9 Å². The number of anilines is 2. The van der Waals surface area contributed by atoms with Gasteiger partial charge in [0.25, 0.3) is 15.9 Å². The van der Waals surface area contributed by atoms with E-state index < -0.39 is 10.0 Å². The van der Waals surface area contributed by atoms with Gasteiger partial charge in [-0.3, -0.25) is 9.10 Å². The number of sulfonamides is 1. The maximum Gasteiger partial charge on any atom is 0.264 e. The van der Waals surface area contributed by atoms with Gasteiger partial charge in [-0.25, -0.2) is 8.42 Å². The quantitative estimate of drug-likeness (QED) is 0.215. The molecular formula is C31H28Cl3N3O3S. The van der Waals surface area contributed by atoms with E-state index in [0.717, 1.165) is 16.8 Å². The van der Waals surface area contributed by atoms with Gasteiger partial charge in [-0.1, -0.05) is 77.3 Å². The molecule has 6 nitrogen and oxygen atoms in total. The molecule has 4 aromatic rings. The molecule has 1 saturated heterocycles. The Morgan fingerprint density at radius 1 is 0.805 bits per heavy atom. The van der Waals surface area contributed by atoms with Crippen LogP contribution in [0.5, 0.6) is 0 Å². The van der Waals surface area contributed by atoms with Crippen molar-refractivity contribution in [3.8, 4) is 0 Å². The van der Waals surface area contributed by atoms with Crippen LogP contribution in [0, 0.1) is 6.92 Å². The van der Waals surface area contributed by atoms with E-state index in [1.54, 1.807) is 29.2 Å². The fourth-order valence-corrected chi connectivity index (χ4v) is 7.10. The van der Waals surface area contributed by atoms with Gasteiger partial charge in [0.2, 0.25) is 0 Å². The summed E-state index contributed by atoms with van der Waals surface area (Å²) in [6.45, 7) is 4.18. The standard InChI is InChI=1S/C31H28Cl3N3O3S/c1-22-6-5-9-29(34)30(22)35-16-18-36(19-17-35)31(38)27-20-26(14-15-28(27)33)41(39,40)37(21-23-7-3-2-4-8-23)25-12-10-24(32)11-13-25/h2-15,20H,16-19,21H2,1H3. The van der Waals surface area contributed by atoms with Gasteiger partial charge in [-0.2, -0.15) is 0 Å². The van der Waals surface area contributed by atoms with Gasteiger partial charge in [0.1, 0.15) is 0 Å². The largest absolute Gasteiger partial charge is 0.367 e. The molecule has 10 heteroatoms. The van der Waals surface area contributed by atoms with Gasteiger partial charge in [-0.15, -0.1) is 0 Å². The zero-order valence-corrected chi connectivity index (χ0v) is 25.4. The number of halogens is 3. The Labute approximate surface area is 255 Å². The predicted octanol–water partition coefficient (Wildman–Crippen LogP) is 7.31. The average Bonchev–Trinajstić information content (AvgIpc) is 2.97. The van der Waals surface area contributed by atoms with Crippen molar-refractivity contribution >= 4 is 62.1 Å². The minimum atomic E-state index is -4.09. The van der Waals surface area contributed by atoms with Gasteiger partial charge < -0.3 is 9.80 Å². The SMILES string of the molecule is Cc1cccc(Cl)c1N1CCN(C(=O)c2cc(S(=O)(=O)N(Cc3ccccc3)c3ccc(Cl)cc3)ccc2Cl)CC1. The highest BCUT2D eigenvalue weighted by Crippen LogP contribution is 2.32. The van der Waals surface area contributed by atoms with Crippen LogP contribution in [-0.2, 0) is 16.6 Å². The highest BCUT2D eigenvalue weighted by Gasteiger charge is 2.30. The molecule has 212 valence electrons. The zero-order chi connectivity index (χ0) is 29.1. The lowest BCUT2D eigenvalue weighted by Crippen LogP contribution is -2.49. The van der Waals surface area contributed by atoms with Crippen LogP contribution in [0.2, 0.25) is 15.1 Å². The Hall–Kier alpha value is -3.23. The highest BCUT2D eigenvalue weighted by atomic mass is 35.5. The molecule has 0 unspecified atom stereocenters. The van der Waals surface area contributed by atoms with E-state index in [1.807, 2.05) is 55.5 Å². The summed E-state index contributed by atoms with van der Waals surface area (Å²) in [5.74, 6) is -0.316. The highest BCUT2D eigenvalue weighted by molar-refractivity contribution is 7.92. The molecule has 0 aliphatic carbocycles. The first kappa shape index (κ1) is 29.3. The number of para-hydroxylation sites is 1. The van der Waals surface area contributed by atoms with Gasteiger partial charge >= 0.3 is 0 Å². The minimum Gasteiger partial charge on any atom is -0.367 e. The third-order valence-corrected chi connectivity index (χ3v) is 9.77. The zero-order valence-electron chi connectivity index (χ0n) is 22.3. The fraction of sp³-hybridized carbons (Fsp3) is 0.194. The van der Waals surface area contributed by atoms with Crippen LogP contribution in [0.4, 0.5) is 11.4 Å². The van der Waals surface area contributed by atoms with Gasteiger partial charge in [0.05, 0.1) is 38.4 Å². The number of hydrogen-bond acceptors (Lipinski definition) is 4. The Kier molecular flexibility index (Phi) is 8.80. The maximum absolute atomic E-state index is 14.1. The number of benzene rings is 4. The fourth-order valence-electron chi connectivity index (χ4n) is 4.95. The molecule has 0 radical (unpaired) electrons. The molecule has 41 heavy (non-hydrogen) atoms. The Balaban J connectivity index is 1.41. The Morgan fingerprint density at radius 2 is 1.49 bits per heavy atom. The second-order valence-corrected chi connectivity index (χ2v) is 12.9. The smallest absolute Gasteiger partial charge is 0.264 e. The summed E-state index contributed by atoms with van der Waals surface area (Å²) < 4.78 is 29.4. The lowest BCUT2D eigenvalue weighted by Gasteiger charge is -2.37. The summed E-state index contributed by atoms with van der Waals surface area (Å²) in [4.78, 5) is 17.5. The monoisotopic (exact) mass is 627 g/mol. The second-order valence-electron chi connectivity index (χ2n) is 9.80. The predicted molar refractivity (Wildman–Crippen MR) is 167 cm³/mol. The molecule has 0 N–H and O–H groups in total. The number of hydrogen-bond donors (Lipinski definition) is 0. The number of carbonyl (C=O) groups is 1. The van der Waals surface area contributed by atoms with Crippen LogP contribution < -0.4 is 9.21 Å². The summed E-state index contributed by atoms with van der Waals surface area (Å²) in [5, 5.41) is 1.36.